The van der Waals surface area contributed by atoms with E-state index in [-0.39, 0.29) is 24.6 Å². The summed E-state index contributed by atoms with van der Waals surface area (Å²) in [5.74, 6) is -1.13. The Kier molecular flexibility index (Phi) is 5.33. The van der Waals surface area contributed by atoms with E-state index in [9.17, 15) is 19.2 Å². The third-order valence-electron chi connectivity index (χ3n) is 5.95. The van der Waals surface area contributed by atoms with Gasteiger partial charge in [0.25, 0.3) is 11.8 Å². The summed E-state index contributed by atoms with van der Waals surface area (Å²) < 4.78 is 10.6. The van der Waals surface area contributed by atoms with Crippen LogP contribution in [0.3, 0.4) is 0 Å². The first-order chi connectivity index (χ1) is 16.5. The summed E-state index contributed by atoms with van der Waals surface area (Å²) in [6.07, 6.45) is 0.0536. The summed E-state index contributed by atoms with van der Waals surface area (Å²) in [4.78, 5) is 53.1. The monoisotopic (exact) mass is 456 g/mol. The molecule has 170 valence electrons. The number of nitrogens with zero attached hydrogens (tertiary/aromatic N) is 2. The molecule has 5 rings (SSSR count). The van der Waals surface area contributed by atoms with Gasteiger partial charge in [-0.3, -0.25) is 19.2 Å². The number of hydrogen-bond donors (Lipinski definition) is 0. The van der Waals surface area contributed by atoms with Crippen LogP contribution < -0.4 is 19.3 Å². The molecule has 2 aliphatic rings. The van der Waals surface area contributed by atoms with Crippen LogP contribution in [0.15, 0.2) is 72.8 Å². The van der Waals surface area contributed by atoms with E-state index < -0.39 is 23.7 Å². The quantitative estimate of drug-likeness (QED) is 0.332. The van der Waals surface area contributed by atoms with Crippen LogP contribution in [0.4, 0.5) is 11.4 Å². The average Bonchev–Trinajstić information content (AvgIpc) is 3.37. The van der Waals surface area contributed by atoms with Gasteiger partial charge in [0.15, 0.2) is 0 Å². The number of benzene rings is 3. The summed E-state index contributed by atoms with van der Waals surface area (Å²) >= 11 is 0. The molecular weight excluding hydrogens is 436 g/mol. The molecule has 3 amide bonds. The van der Waals surface area contributed by atoms with Crippen LogP contribution in [0, 0.1) is 5.92 Å². The Labute approximate surface area is 195 Å². The normalized spacial score (nSPS) is 17.2. The van der Waals surface area contributed by atoms with Crippen molar-refractivity contribution in [3.8, 4) is 11.5 Å². The lowest BCUT2D eigenvalue weighted by Crippen LogP contribution is -2.29. The zero-order valence-corrected chi connectivity index (χ0v) is 18.3. The highest BCUT2D eigenvalue weighted by molar-refractivity contribution is 6.34. The highest BCUT2D eigenvalue weighted by atomic mass is 16.5. The van der Waals surface area contributed by atoms with Crippen molar-refractivity contribution < 1.29 is 28.7 Å². The van der Waals surface area contributed by atoms with Crippen LogP contribution >= 0.6 is 0 Å². The number of fused-ring (bicyclic) bond motifs is 1. The van der Waals surface area contributed by atoms with Crippen molar-refractivity contribution in [2.45, 2.75) is 6.42 Å². The molecule has 8 nitrogen and oxygen atoms in total. The molecule has 1 saturated heterocycles. The van der Waals surface area contributed by atoms with Gasteiger partial charge in [0, 0.05) is 18.7 Å². The van der Waals surface area contributed by atoms with Gasteiger partial charge < -0.3 is 14.4 Å². The van der Waals surface area contributed by atoms with E-state index in [1.807, 2.05) is 0 Å². The van der Waals surface area contributed by atoms with Gasteiger partial charge in [0.05, 0.1) is 29.8 Å². The Morgan fingerprint density at radius 3 is 1.94 bits per heavy atom. The lowest BCUT2D eigenvalue weighted by Gasteiger charge is -2.17. The third-order valence-corrected chi connectivity index (χ3v) is 5.95. The van der Waals surface area contributed by atoms with Gasteiger partial charge >= 0.3 is 5.97 Å². The summed E-state index contributed by atoms with van der Waals surface area (Å²) in [5.41, 5.74) is 1.78. The summed E-state index contributed by atoms with van der Waals surface area (Å²) in [6.45, 7) is 0.219. The predicted octanol–water partition coefficient (Wildman–Crippen LogP) is 3.45. The summed E-state index contributed by atoms with van der Waals surface area (Å²) in [5, 5.41) is 0. The van der Waals surface area contributed by atoms with Crippen LogP contribution in [-0.4, -0.2) is 37.3 Å². The van der Waals surface area contributed by atoms with Crippen molar-refractivity contribution in [1.82, 2.24) is 0 Å². The number of carbonyl (C=O) groups excluding carboxylic acids is 4. The number of anilines is 2. The standard InChI is InChI=1S/C26H20N2O6/c1-33-19-10-6-17(7-11-19)27-15-16(14-23(27)29)26(32)34-20-12-8-18(9-13-20)28-24(30)21-4-2-3-5-22(21)25(28)31/h2-13,16H,14-15H2,1H3/t16-/m1/s1. The molecule has 1 fully saturated rings. The van der Waals surface area contributed by atoms with E-state index in [2.05, 4.69) is 0 Å². The molecule has 0 aromatic heterocycles. The predicted molar refractivity (Wildman–Crippen MR) is 123 cm³/mol. The van der Waals surface area contributed by atoms with Gasteiger partial charge in [-0.05, 0) is 60.7 Å². The second-order valence-electron chi connectivity index (χ2n) is 8.01. The number of esters is 1. The molecule has 3 aromatic carbocycles. The maximum absolute atomic E-state index is 12.7. The molecule has 8 heteroatoms. The number of methoxy groups -OCH3 is 1. The Morgan fingerprint density at radius 2 is 1.35 bits per heavy atom. The fourth-order valence-corrected chi connectivity index (χ4v) is 4.16. The number of imide groups is 1. The van der Waals surface area contributed by atoms with E-state index >= 15 is 0 Å². The van der Waals surface area contributed by atoms with E-state index in [4.69, 9.17) is 9.47 Å². The largest absolute Gasteiger partial charge is 0.497 e. The average molecular weight is 456 g/mol. The van der Waals surface area contributed by atoms with Crippen molar-refractivity contribution in [3.05, 3.63) is 83.9 Å². The van der Waals surface area contributed by atoms with Gasteiger partial charge in [-0.1, -0.05) is 12.1 Å². The maximum atomic E-state index is 12.7. The molecule has 0 unspecified atom stereocenters. The molecule has 2 heterocycles. The Hall–Kier alpha value is -4.46. The molecule has 2 aliphatic heterocycles. The molecule has 3 aromatic rings. The first kappa shape index (κ1) is 21.4. The van der Waals surface area contributed by atoms with Crippen LogP contribution in [0.2, 0.25) is 0 Å². The summed E-state index contributed by atoms with van der Waals surface area (Å²) in [7, 11) is 1.56. The topological polar surface area (TPSA) is 93.2 Å². The fourth-order valence-electron chi connectivity index (χ4n) is 4.16. The first-order valence-electron chi connectivity index (χ1n) is 10.7. The Bertz CT molecular complexity index is 1260. The SMILES string of the molecule is COc1ccc(N2C[C@H](C(=O)Oc3ccc(N4C(=O)c5ccccc5C4=O)cc3)CC2=O)cc1. The first-order valence-corrected chi connectivity index (χ1v) is 10.7. The van der Waals surface area contributed by atoms with E-state index in [1.54, 1.807) is 72.7 Å². The molecule has 0 aliphatic carbocycles. The maximum Gasteiger partial charge on any atom is 0.316 e. The van der Waals surface area contributed by atoms with Crippen LogP contribution in [0.25, 0.3) is 0 Å². The Balaban J connectivity index is 1.25. The zero-order valence-electron chi connectivity index (χ0n) is 18.3. The minimum absolute atomic E-state index is 0.0536. The van der Waals surface area contributed by atoms with Gasteiger partial charge in [-0.25, -0.2) is 4.90 Å². The molecule has 0 bridgehead atoms. The van der Waals surface area contributed by atoms with Crippen LogP contribution in [0.1, 0.15) is 27.1 Å². The molecular formula is C26H20N2O6. The van der Waals surface area contributed by atoms with E-state index in [0.717, 1.165) is 4.90 Å². The van der Waals surface area contributed by atoms with Crippen LogP contribution in [0.5, 0.6) is 11.5 Å². The molecule has 0 N–H and O–H groups in total. The van der Waals surface area contributed by atoms with Crippen molar-refractivity contribution in [1.29, 1.82) is 0 Å². The molecule has 0 saturated carbocycles. The van der Waals surface area contributed by atoms with Crippen molar-refractivity contribution in [2.75, 3.05) is 23.5 Å². The van der Waals surface area contributed by atoms with Crippen LogP contribution in [-0.2, 0) is 9.59 Å². The highest BCUT2D eigenvalue weighted by Crippen LogP contribution is 2.31. The highest BCUT2D eigenvalue weighted by Gasteiger charge is 2.37. The molecule has 0 radical (unpaired) electrons. The van der Waals surface area contributed by atoms with Crippen molar-refractivity contribution in [3.63, 3.8) is 0 Å². The lowest BCUT2D eigenvalue weighted by atomic mass is 10.1. The fraction of sp³-hybridized carbons (Fsp3) is 0.154. The van der Waals surface area contributed by atoms with E-state index in [1.165, 1.54) is 12.1 Å². The number of amides is 3. The third kappa shape index (κ3) is 3.69. The van der Waals surface area contributed by atoms with Crippen molar-refractivity contribution >= 4 is 35.1 Å². The number of hydrogen-bond acceptors (Lipinski definition) is 6. The van der Waals surface area contributed by atoms with Crippen molar-refractivity contribution in [2.24, 2.45) is 5.92 Å². The second kappa shape index (κ2) is 8.47. The smallest absolute Gasteiger partial charge is 0.316 e. The minimum atomic E-state index is -0.606. The van der Waals surface area contributed by atoms with Gasteiger partial charge in [-0.15, -0.1) is 0 Å². The number of rotatable bonds is 5. The number of ether oxygens (including phenoxy) is 2. The molecule has 0 spiro atoms. The lowest BCUT2D eigenvalue weighted by molar-refractivity contribution is -0.139. The van der Waals surface area contributed by atoms with Gasteiger partial charge in [0.2, 0.25) is 5.91 Å². The zero-order chi connectivity index (χ0) is 23.8. The molecule has 1 atom stereocenters. The molecule has 34 heavy (non-hydrogen) atoms. The minimum Gasteiger partial charge on any atom is -0.497 e. The van der Waals surface area contributed by atoms with E-state index in [0.29, 0.717) is 28.3 Å². The Morgan fingerprint density at radius 1 is 0.794 bits per heavy atom. The number of carbonyl (C=O) groups is 4. The summed E-state index contributed by atoms with van der Waals surface area (Å²) in [6, 6.07) is 19.8. The second-order valence-corrected chi connectivity index (χ2v) is 8.01. The van der Waals surface area contributed by atoms with Gasteiger partial charge in [0.1, 0.15) is 11.5 Å². The van der Waals surface area contributed by atoms with Gasteiger partial charge in [-0.2, -0.15) is 0 Å².